The van der Waals surface area contributed by atoms with Crippen molar-refractivity contribution in [3.63, 3.8) is 0 Å². The molecule has 2 aromatic rings. The summed E-state index contributed by atoms with van der Waals surface area (Å²) in [7, 11) is 0. The summed E-state index contributed by atoms with van der Waals surface area (Å²) in [5.41, 5.74) is 0.772. The van der Waals surface area contributed by atoms with Gasteiger partial charge in [0.2, 0.25) is 0 Å². The van der Waals surface area contributed by atoms with Crippen LogP contribution in [0.1, 0.15) is 18.1 Å². The predicted octanol–water partition coefficient (Wildman–Crippen LogP) is 3.61. The van der Waals surface area contributed by atoms with E-state index in [2.05, 4.69) is 11.8 Å². The summed E-state index contributed by atoms with van der Waals surface area (Å²) in [5.74, 6) is 5.76. The normalized spacial score (nSPS) is 13.6. The number of rotatable bonds is 2. The lowest BCUT2D eigenvalue weighted by molar-refractivity contribution is 0.122. The summed E-state index contributed by atoms with van der Waals surface area (Å²) in [4.78, 5) is 0. The molecule has 0 aliphatic rings. The maximum Gasteiger partial charge on any atom is 0.148 e. The molecule has 94 valence electrons. The van der Waals surface area contributed by atoms with Crippen LogP contribution in [-0.2, 0) is 5.60 Å². The molecule has 1 N–H and O–H groups in total. The molecule has 1 nitrogen and oxygen atoms in total. The summed E-state index contributed by atoms with van der Waals surface area (Å²) < 4.78 is 0. The summed E-state index contributed by atoms with van der Waals surface area (Å²) in [5, 5.41) is 10.3. The minimum Gasteiger partial charge on any atom is -0.374 e. The number of benzene rings is 2. The molecule has 0 heterocycles. The first-order valence-electron chi connectivity index (χ1n) is 6.21. The average Bonchev–Trinajstić information content (AvgIpc) is 2.46. The predicted molar refractivity (Wildman–Crippen MR) is 79.3 cm³/mol. The summed E-state index contributed by atoms with van der Waals surface area (Å²) in [6.07, 6.45) is 3.68. The van der Waals surface area contributed by atoms with E-state index >= 15 is 0 Å². The van der Waals surface area contributed by atoms with Crippen LogP contribution in [-0.4, -0.2) is 5.11 Å². The molecular weight excluding hydrogens is 232 g/mol. The van der Waals surface area contributed by atoms with Crippen LogP contribution in [0.25, 0.3) is 6.08 Å². The van der Waals surface area contributed by atoms with Gasteiger partial charge in [-0.05, 0) is 30.2 Å². The first-order chi connectivity index (χ1) is 9.18. The molecular formula is C18H16O. The van der Waals surface area contributed by atoms with Crippen molar-refractivity contribution in [3.8, 4) is 11.8 Å². The van der Waals surface area contributed by atoms with E-state index in [0.717, 1.165) is 11.1 Å². The highest BCUT2D eigenvalue weighted by Crippen LogP contribution is 2.18. The van der Waals surface area contributed by atoms with Crippen LogP contribution in [0.4, 0.5) is 0 Å². The van der Waals surface area contributed by atoms with Crippen molar-refractivity contribution in [2.75, 3.05) is 0 Å². The van der Waals surface area contributed by atoms with Crippen LogP contribution in [0, 0.1) is 11.8 Å². The van der Waals surface area contributed by atoms with Crippen LogP contribution in [0.3, 0.4) is 0 Å². The lowest BCUT2D eigenvalue weighted by atomic mass is 9.97. The Bertz CT molecular complexity index is 598. The van der Waals surface area contributed by atoms with Crippen molar-refractivity contribution in [1.29, 1.82) is 0 Å². The Hall–Kier alpha value is -2.30. The molecule has 0 unspecified atom stereocenters. The van der Waals surface area contributed by atoms with E-state index in [1.807, 2.05) is 66.7 Å². The van der Waals surface area contributed by atoms with Crippen molar-refractivity contribution in [3.05, 3.63) is 77.9 Å². The van der Waals surface area contributed by atoms with Crippen LogP contribution in [0.5, 0.6) is 0 Å². The molecule has 0 spiro atoms. The topological polar surface area (TPSA) is 20.2 Å². The second-order valence-electron chi connectivity index (χ2n) is 4.45. The largest absolute Gasteiger partial charge is 0.374 e. The molecule has 0 bridgehead atoms. The highest BCUT2D eigenvalue weighted by molar-refractivity contribution is 5.52. The Kier molecular flexibility index (Phi) is 4.18. The second-order valence-corrected chi connectivity index (χ2v) is 4.45. The smallest absolute Gasteiger partial charge is 0.148 e. The standard InChI is InChI=1S/C18H16O/c1-18(19,17-13-6-3-7-14-17)15-9-8-12-16-10-4-2-5-11-16/h2-8,10-14,19H,1H3/b12-8-/t18-/m0/s1. The van der Waals surface area contributed by atoms with E-state index in [1.54, 1.807) is 13.0 Å². The summed E-state index contributed by atoms with van der Waals surface area (Å²) in [6.45, 7) is 1.70. The fraction of sp³-hybridized carbons (Fsp3) is 0.111. The van der Waals surface area contributed by atoms with Gasteiger partial charge in [0.1, 0.15) is 5.60 Å². The van der Waals surface area contributed by atoms with Crippen molar-refractivity contribution in [2.24, 2.45) is 0 Å². The molecule has 2 aromatic carbocycles. The van der Waals surface area contributed by atoms with Crippen LogP contribution < -0.4 is 0 Å². The van der Waals surface area contributed by atoms with Gasteiger partial charge in [-0.15, -0.1) is 0 Å². The molecule has 0 aromatic heterocycles. The summed E-state index contributed by atoms with van der Waals surface area (Å²) in [6, 6.07) is 19.4. The van der Waals surface area contributed by atoms with Crippen molar-refractivity contribution < 1.29 is 5.11 Å². The van der Waals surface area contributed by atoms with Crippen LogP contribution in [0.2, 0.25) is 0 Å². The zero-order chi connectivity index (χ0) is 13.6. The SMILES string of the molecule is C[C@](O)(C#C/C=C\c1ccccc1)c1ccccc1. The molecule has 0 fully saturated rings. The number of allylic oxidation sites excluding steroid dienone is 1. The average molecular weight is 248 g/mol. The molecule has 0 radical (unpaired) electrons. The molecule has 0 aliphatic carbocycles. The molecule has 2 rings (SSSR count). The fourth-order valence-corrected chi connectivity index (χ4v) is 1.72. The van der Waals surface area contributed by atoms with Crippen molar-refractivity contribution in [2.45, 2.75) is 12.5 Å². The first-order valence-corrected chi connectivity index (χ1v) is 6.21. The monoisotopic (exact) mass is 248 g/mol. The molecule has 1 heteroatoms. The van der Waals surface area contributed by atoms with Gasteiger partial charge >= 0.3 is 0 Å². The zero-order valence-corrected chi connectivity index (χ0v) is 10.9. The van der Waals surface area contributed by atoms with Crippen molar-refractivity contribution in [1.82, 2.24) is 0 Å². The lowest BCUT2D eigenvalue weighted by Crippen LogP contribution is -2.17. The molecule has 19 heavy (non-hydrogen) atoms. The van der Waals surface area contributed by atoms with Crippen LogP contribution in [0.15, 0.2) is 66.7 Å². The molecule has 0 amide bonds. The Balaban J connectivity index is 2.10. The minimum absolute atomic E-state index is 0.801. The Morgan fingerprint density at radius 1 is 0.947 bits per heavy atom. The van der Waals surface area contributed by atoms with Gasteiger partial charge in [-0.25, -0.2) is 0 Å². The first kappa shape index (κ1) is 13.1. The van der Waals surface area contributed by atoms with Gasteiger partial charge < -0.3 is 5.11 Å². The van der Waals surface area contributed by atoms with Gasteiger partial charge in [-0.1, -0.05) is 72.5 Å². The fourth-order valence-electron chi connectivity index (χ4n) is 1.72. The Morgan fingerprint density at radius 3 is 2.16 bits per heavy atom. The van der Waals surface area contributed by atoms with E-state index in [9.17, 15) is 5.11 Å². The maximum absolute atomic E-state index is 10.3. The second kappa shape index (κ2) is 6.04. The van der Waals surface area contributed by atoms with Gasteiger partial charge in [-0.2, -0.15) is 0 Å². The molecule has 0 saturated carbocycles. The quantitative estimate of drug-likeness (QED) is 0.805. The van der Waals surface area contributed by atoms with Gasteiger partial charge in [0.25, 0.3) is 0 Å². The molecule has 0 aliphatic heterocycles. The third kappa shape index (κ3) is 3.84. The Morgan fingerprint density at radius 2 is 1.53 bits per heavy atom. The molecule has 0 saturated heterocycles. The number of hydrogen-bond donors (Lipinski definition) is 1. The zero-order valence-electron chi connectivity index (χ0n) is 10.9. The van der Waals surface area contributed by atoms with Gasteiger partial charge in [0.05, 0.1) is 0 Å². The van der Waals surface area contributed by atoms with Crippen molar-refractivity contribution >= 4 is 6.08 Å². The Labute approximate surface area is 114 Å². The third-order valence-electron chi connectivity index (χ3n) is 2.81. The van der Waals surface area contributed by atoms with E-state index in [1.165, 1.54) is 0 Å². The number of aliphatic hydroxyl groups is 1. The van der Waals surface area contributed by atoms with Gasteiger partial charge in [0.15, 0.2) is 0 Å². The van der Waals surface area contributed by atoms with E-state index in [4.69, 9.17) is 0 Å². The van der Waals surface area contributed by atoms with Crippen LogP contribution >= 0.6 is 0 Å². The van der Waals surface area contributed by atoms with E-state index < -0.39 is 5.60 Å². The van der Waals surface area contributed by atoms with E-state index in [0.29, 0.717) is 0 Å². The summed E-state index contributed by atoms with van der Waals surface area (Å²) >= 11 is 0. The highest BCUT2D eigenvalue weighted by Gasteiger charge is 2.18. The lowest BCUT2D eigenvalue weighted by Gasteiger charge is -2.16. The van der Waals surface area contributed by atoms with Gasteiger partial charge in [-0.3, -0.25) is 0 Å². The highest BCUT2D eigenvalue weighted by atomic mass is 16.3. The molecule has 1 atom stereocenters. The third-order valence-corrected chi connectivity index (χ3v) is 2.81. The maximum atomic E-state index is 10.3. The van der Waals surface area contributed by atoms with E-state index in [-0.39, 0.29) is 0 Å². The number of hydrogen-bond acceptors (Lipinski definition) is 1. The van der Waals surface area contributed by atoms with Gasteiger partial charge in [0, 0.05) is 0 Å². The minimum atomic E-state index is -1.12.